The number of H-pyrrole nitrogens is 2. The molecule has 0 spiro atoms. The Bertz CT molecular complexity index is 306. The van der Waals surface area contributed by atoms with Crippen molar-refractivity contribution in [2.24, 2.45) is 11.1 Å². The zero-order chi connectivity index (χ0) is 9.35. The fourth-order valence-electron chi connectivity index (χ4n) is 0.841. The summed E-state index contributed by atoms with van der Waals surface area (Å²) >= 11 is 0. The first kappa shape index (κ1) is 8.99. The molecule has 5 heteroatoms. The first-order valence-electron chi connectivity index (χ1n) is 3.81. The summed E-state index contributed by atoms with van der Waals surface area (Å²) in [6, 6.07) is -0.253. The molecule has 0 aliphatic carbocycles. The van der Waals surface area contributed by atoms with Crippen molar-refractivity contribution in [3.8, 4) is 0 Å². The lowest BCUT2D eigenvalue weighted by Gasteiger charge is -2.24. The average Bonchev–Trinajstić information content (AvgIpc) is 2.32. The predicted molar refractivity (Wildman–Crippen MR) is 45.6 cm³/mol. The second-order valence-electron chi connectivity index (χ2n) is 3.91. The maximum atomic E-state index is 10.7. The van der Waals surface area contributed by atoms with Gasteiger partial charge in [-0.3, -0.25) is 4.98 Å². The van der Waals surface area contributed by atoms with Crippen LogP contribution in [-0.2, 0) is 0 Å². The van der Waals surface area contributed by atoms with Crippen LogP contribution in [0.2, 0.25) is 0 Å². The number of hydrogen-bond acceptors (Lipinski definition) is 3. The second kappa shape index (κ2) is 2.75. The van der Waals surface area contributed by atoms with E-state index < -0.39 is 0 Å². The van der Waals surface area contributed by atoms with Gasteiger partial charge in [-0.2, -0.15) is 5.10 Å². The van der Waals surface area contributed by atoms with E-state index in [1.54, 1.807) is 0 Å². The normalized spacial score (nSPS) is 14.7. The summed E-state index contributed by atoms with van der Waals surface area (Å²) in [6.07, 6.45) is 0. The SMILES string of the molecule is CC(C)(C)[C@@H](N)c1n[nH]c(=O)[nH]1. The summed E-state index contributed by atoms with van der Waals surface area (Å²) in [6.45, 7) is 5.97. The molecule has 1 heterocycles. The Labute approximate surface area is 70.4 Å². The van der Waals surface area contributed by atoms with E-state index in [2.05, 4.69) is 15.2 Å². The Hall–Kier alpha value is -1.10. The van der Waals surface area contributed by atoms with Crippen LogP contribution in [0, 0.1) is 5.41 Å². The second-order valence-corrected chi connectivity index (χ2v) is 3.91. The minimum Gasteiger partial charge on any atom is -0.321 e. The Kier molecular flexibility index (Phi) is 2.06. The van der Waals surface area contributed by atoms with Crippen LogP contribution in [0.15, 0.2) is 4.79 Å². The van der Waals surface area contributed by atoms with Gasteiger partial charge in [-0.05, 0) is 5.41 Å². The molecule has 0 aromatic carbocycles. The lowest BCUT2D eigenvalue weighted by molar-refractivity contribution is 0.316. The number of hydrogen-bond donors (Lipinski definition) is 3. The van der Waals surface area contributed by atoms with Crippen molar-refractivity contribution in [3.05, 3.63) is 16.3 Å². The summed E-state index contributed by atoms with van der Waals surface area (Å²) in [7, 11) is 0. The minimum absolute atomic E-state index is 0.0991. The Morgan fingerprint density at radius 3 is 2.42 bits per heavy atom. The molecule has 0 amide bonds. The Balaban J connectivity index is 2.92. The van der Waals surface area contributed by atoms with Crippen LogP contribution in [-0.4, -0.2) is 15.2 Å². The van der Waals surface area contributed by atoms with Gasteiger partial charge < -0.3 is 5.73 Å². The molecule has 0 saturated heterocycles. The van der Waals surface area contributed by atoms with Gasteiger partial charge >= 0.3 is 5.69 Å². The fourth-order valence-corrected chi connectivity index (χ4v) is 0.841. The number of rotatable bonds is 1. The molecule has 0 fully saturated rings. The molecule has 0 radical (unpaired) electrons. The Morgan fingerprint density at radius 2 is 2.08 bits per heavy atom. The molecule has 0 aliphatic heterocycles. The summed E-state index contributed by atoms with van der Waals surface area (Å²) < 4.78 is 0. The lowest BCUT2D eigenvalue weighted by Crippen LogP contribution is -2.27. The van der Waals surface area contributed by atoms with Gasteiger partial charge in [-0.15, -0.1) is 0 Å². The van der Waals surface area contributed by atoms with Crippen LogP contribution in [0.3, 0.4) is 0 Å². The van der Waals surface area contributed by atoms with Gasteiger partial charge in [0.25, 0.3) is 0 Å². The van der Waals surface area contributed by atoms with Gasteiger partial charge in [0.05, 0.1) is 6.04 Å². The van der Waals surface area contributed by atoms with Gasteiger partial charge in [0, 0.05) is 0 Å². The average molecular weight is 170 g/mol. The third kappa shape index (κ3) is 1.73. The maximum absolute atomic E-state index is 10.7. The maximum Gasteiger partial charge on any atom is 0.340 e. The standard InChI is InChI=1S/C7H14N4O/c1-7(2,3)4(8)5-9-6(12)11-10-5/h4H,8H2,1-3H3,(H2,9,10,11,12)/t4-/m0/s1. The molecule has 68 valence electrons. The van der Waals surface area contributed by atoms with E-state index in [1.807, 2.05) is 20.8 Å². The first-order chi connectivity index (χ1) is 5.41. The molecule has 1 atom stereocenters. The van der Waals surface area contributed by atoms with E-state index in [-0.39, 0.29) is 17.1 Å². The molecule has 0 unspecified atom stereocenters. The van der Waals surface area contributed by atoms with Crippen molar-refractivity contribution in [2.75, 3.05) is 0 Å². The molecule has 0 aliphatic rings. The van der Waals surface area contributed by atoms with E-state index in [4.69, 9.17) is 5.73 Å². The molecule has 0 saturated carbocycles. The minimum atomic E-state index is -0.315. The highest BCUT2D eigenvalue weighted by molar-refractivity contribution is 4.95. The van der Waals surface area contributed by atoms with Crippen LogP contribution in [0.4, 0.5) is 0 Å². The third-order valence-corrected chi connectivity index (χ3v) is 1.75. The highest BCUT2D eigenvalue weighted by Gasteiger charge is 2.24. The van der Waals surface area contributed by atoms with Crippen molar-refractivity contribution in [1.29, 1.82) is 0 Å². The topological polar surface area (TPSA) is 87.6 Å². The van der Waals surface area contributed by atoms with E-state index in [9.17, 15) is 4.79 Å². The molecule has 0 bridgehead atoms. The summed E-state index contributed by atoms with van der Waals surface area (Å²) in [5.41, 5.74) is 5.42. The quantitative estimate of drug-likeness (QED) is 0.560. The van der Waals surface area contributed by atoms with Gasteiger partial charge in [0.15, 0.2) is 0 Å². The highest BCUT2D eigenvalue weighted by Crippen LogP contribution is 2.27. The van der Waals surface area contributed by atoms with E-state index in [1.165, 1.54) is 0 Å². The number of nitrogens with zero attached hydrogens (tertiary/aromatic N) is 1. The van der Waals surface area contributed by atoms with Crippen molar-refractivity contribution >= 4 is 0 Å². The zero-order valence-electron chi connectivity index (χ0n) is 7.51. The summed E-state index contributed by atoms with van der Waals surface area (Å²) in [5, 5.41) is 6.04. The molecule has 1 rings (SSSR count). The summed E-state index contributed by atoms with van der Waals surface area (Å²) in [4.78, 5) is 13.2. The summed E-state index contributed by atoms with van der Waals surface area (Å²) in [5.74, 6) is 0.507. The van der Waals surface area contributed by atoms with Crippen LogP contribution in [0.1, 0.15) is 32.6 Å². The van der Waals surface area contributed by atoms with Crippen LogP contribution < -0.4 is 11.4 Å². The number of aromatic nitrogens is 3. The van der Waals surface area contributed by atoms with E-state index in [0.29, 0.717) is 5.82 Å². The van der Waals surface area contributed by atoms with E-state index in [0.717, 1.165) is 0 Å². The van der Waals surface area contributed by atoms with Crippen molar-refractivity contribution in [3.63, 3.8) is 0 Å². The largest absolute Gasteiger partial charge is 0.340 e. The van der Waals surface area contributed by atoms with Crippen LogP contribution in [0.5, 0.6) is 0 Å². The van der Waals surface area contributed by atoms with Gasteiger partial charge in [0.1, 0.15) is 5.82 Å². The molecule has 5 nitrogen and oxygen atoms in total. The highest BCUT2D eigenvalue weighted by atomic mass is 16.1. The van der Waals surface area contributed by atoms with Gasteiger partial charge in [-0.25, -0.2) is 9.89 Å². The first-order valence-corrected chi connectivity index (χ1v) is 3.81. The Morgan fingerprint density at radius 1 is 1.50 bits per heavy atom. The molecule has 4 N–H and O–H groups in total. The molecule has 1 aromatic heterocycles. The van der Waals surface area contributed by atoms with Crippen LogP contribution >= 0.6 is 0 Å². The zero-order valence-corrected chi connectivity index (χ0v) is 7.51. The molecule has 1 aromatic rings. The lowest BCUT2D eigenvalue weighted by atomic mass is 9.87. The molecular weight excluding hydrogens is 156 g/mol. The number of nitrogens with two attached hydrogens (primary N) is 1. The molecular formula is C7H14N4O. The number of nitrogens with one attached hydrogen (secondary N) is 2. The predicted octanol–water partition coefficient (Wildman–Crippen LogP) is 0.144. The monoisotopic (exact) mass is 170 g/mol. The van der Waals surface area contributed by atoms with Crippen molar-refractivity contribution < 1.29 is 0 Å². The van der Waals surface area contributed by atoms with E-state index >= 15 is 0 Å². The van der Waals surface area contributed by atoms with Crippen LogP contribution in [0.25, 0.3) is 0 Å². The van der Waals surface area contributed by atoms with Crippen molar-refractivity contribution in [1.82, 2.24) is 15.2 Å². The van der Waals surface area contributed by atoms with Gasteiger partial charge in [-0.1, -0.05) is 20.8 Å². The third-order valence-electron chi connectivity index (χ3n) is 1.75. The molecule has 12 heavy (non-hydrogen) atoms. The smallest absolute Gasteiger partial charge is 0.321 e. The van der Waals surface area contributed by atoms with Gasteiger partial charge in [0.2, 0.25) is 0 Å². The van der Waals surface area contributed by atoms with Crippen molar-refractivity contribution in [2.45, 2.75) is 26.8 Å². The fraction of sp³-hybridized carbons (Fsp3) is 0.714. The number of aromatic amines is 2.